The number of allylic oxidation sites excluding steroid dienone is 1. The molecular formula is C32H53NO5. The van der Waals surface area contributed by atoms with Gasteiger partial charge in [-0.1, -0.05) is 65.5 Å². The van der Waals surface area contributed by atoms with Gasteiger partial charge < -0.3 is 19.9 Å². The Labute approximate surface area is 230 Å². The standard InChI is InChI=1S/C32H53NO5/c1-21(2)7-6-8-22(3)26-11-12-27-25-10-9-23-19-24(38-30(36)33-17-18-37-20-29(34)35)13-15-31(23,4)28(25)14-16-32(26,27)5/h9,21-22,24-28H,6-8,10-20H2,1-5H3,(H,33,36)(H,34,35)/t22-,24+,25+,26-,27+,28+,31+,32-/m1/s1. The molecule has 0 bridgehead atoms. The van der Waals surface area contributed by atoms with Crippen molar-refractivity contribution in [3.63, 3.8) is 0 Å². The van der Waals surface area contributed by atoms with Gasteiger partial charge in [-0.2, -0.15) is 0 Å². The van der Waals surface area contributed by atoms with Crippen LogP contribution in [0.5, 0.6) is 0 Å². The maximum absolute atomic E-state index is 12.3. The predicted octanol–water partition coefficient (Wildman–Crippen LogP) is 7.22. The van der Waals surface area contributed by atoms with E-state index >= 15 is 0 Å². The first kappa shape index (κ1) is 29.4. The summed E-state index contributed by atoms with van der Waals surface area (Å²) >= 11 is 0. The largest absolute Gasteiger partial charge is 0.480 e. The lowest BCUT2D eigenvalue weighted by molar-refractivity contribution is -0.142. The van der Waals surface area contributed by atoms with Gasteiger partial charge in [-0.15, -0.1) is 0 Å². The minimum absolute atomic E-state index is 0.0813. The van der Waals surface area contributed by atoms with Crippen molar-refractivity contribution >= 4 is 12.1 Å². The Balaban J connectivity index is 1.32. The summed E-state index contributed by atoms with van der Waals surface area (Å²) in [6.45, 7) is 12.5. The van der Waals surface area contributed by atoms with Crippen LogP contribution in [0, 0.1) is 46.3 Å². The summed E-state index contributed by atoms with van der Waals surface area (Å²) in [7, 11) is 0. The number of carboxylic acids is 1. The molecule has 0 aromatic carbocycles. The van der Waals surface area contributed by atoms with E-state index in [1.807, 2.05) is 0 Å². The Morgan fingerprint density at radius 3 is 2.61 bits per heavy atom. The molecule has 3 fully saturated rings. The molecule has 6 nitrogen and oxygen atoms in total. The third-order valence-corrected chi connectivity index (χ3v) is 11.3. The summed E-state index contributed by atoms with van der Waals surface area (Å²) in [6.07, 6.45) is 15.8. The Morgan fingerprint density at radius 2 is 1.87 bits per heavy atom. The number of amides is 1. The highest BCUT2D eigenvalue weighted by Crippen LogP contribution is 2.67. The molecule has 0 radical (unpaired) electrons. The normalized spacial score (nSPS) is 37.0. The van der Waals surface area contributed by atoms with Crippen molar-refractivity contribution in [2.24, 2.45) is 46.3 Å². The molecule has 3 saturated carbocycles. The SMILES string of the molecule is CC(C)CCC[C@@H](C)[C@H]1CC[C@H]2[C@@H]3CC=C4C[C@@H](OC(=O)NCCOCC(=O)O)CC[C@]4(C)[C@H]3CC[C@]12C. The van der Waals surface area contributed by atoms with Crippen molar-refractivity contribution in [1.29, 1.82) is 0 Å². The highest BCUT2D eigenvalue weighted by atomic mass is 16.6. The fourth-order valence-corrected chi connectivity index (χ4v) is 9.33. The minimum Gasteiger partial charge on any atom is -0.480 e. The summed E-state index contributed by atoms with van der Waals surface area (Å²) < 4.78 is 10.7. The fraction of sp³-hybridized carbons (Fsp3) is 0.875. The number of aliphatic carboxylic acids is 1. The van der Waals surface area contributed by atoms with Gasteiger partial charge in [0.15, 0.2) is 0 Å². The number of hydrogen-bond acceptors (Lipinski definition) is 4. The number of carbonyl (C=O) groups is 2. The summed E-state index contributed by atoms with van der Waals surface area (Å²) in [4.78, 5) is 22.8. The molecule has 6 heteroatoms. The predicted molar refractivity (Wildman–Crippen MR) is 150 cm³/mol. The average molecular weight is 532 g/mol. The van der Waals surface area contributed by atoms with Crippen LogP contribution in [0.15, 0.2) is 11.6 Å². The molecule has 0 spiro atoms. The van der Waals surface area contributed by atoms with Crippen LogP contribution in [-0.4, -0.2) is 43.0 Å². The Bertz CT molecular complexity index is 870. The third-order valence-electron chi connectivity index (χ3n) is 11.3. The van der Waals surface area contributed by atoms with Crippen LogP contribution in [0.2, 0.25) is 0 Å². The van der Waals surface area contributed by atoms with E-state index in [1.165, 1.54) is 56.9 Å². The van der Waals surface area contributed by atoms with Crippen LogP contribution in [0.1, 0.15) is 105 Å². The van der Waals surface area contributed by atoms with Gasteiger partial charge in [-0.05, 0) is 91.3 Å². The molecule has 8 atom stereocenters. The van der Waals surface area contributed by atoms with Crippen LogP contribution in [0.4, 0.5) is 4.79 Å². The number of ether oxygens (including phenoxy) is 2. The van der Waals surface area contributed by atoms with Crippen LogP contribution in [0.3, 0.4) is 0 Å². The molecule has 0 aliphatic heterocycles. The minimum atomic E-state index is -1.01. The lowest BCUT2D eigenvalue weighted by atomic mass is 9.47. The van der Waals surface area contributed by atoms with Gasteiger partial charge in [0.1, 0.15) is 12.7 Å². The average Bonchev–Trinajstić information content (AvgIpc) is 3.21. The monoisotopic (exact) mass is 531 g/mol. The quantitative estimate of drug-likeness (QED) is 0.217. The van der Waals surface area contributed by atoms with Gasteiger partial charge >= 0.3 is 12.1 Å². The van der Waals surface area contributed by atoms with Gasteiger partial charge in [0.2, 0.25) is 0 Å². The van der Waals surface area contributed by atoms with Crippen molar-refractivity contribution in [1.82, 2.24) is 5.32 Å². The summed E-state index contributed by atoms with van der Waals surface area (Å²) in [6, 6.07) is 0. The lowest BCUT2D eigenvalue weighted by Gasteiger charge is -2.58. The maximum Gasteiger partial charge on any atom is 0.407 e. The van der Waals surface area contributed by atoms with Gasteiger partial charge in [0, 0.05) is 13.0 Å². The third kappa shape index (κ3) is 6.26. The van der Waals surface area contributed by atoms with Gasteiger partial charge in [0.05, 0.1) is 6.61 Å². The molecule has 4 rings (SSSR count). The second kappa shape index (κ2) is 12.3. The smallest absolute Gasteiger partial charge is 0.407 e. The van der Waals surface area contributed by atoms with Crippen molar-refractivity contribution < 1.29 is 24.2 Å². The number of fused-ring (bicyclic) bond motifs is 5. The summed E-state index contributed by atoms with van der Waals surface area (Å²) in [5, 5.41) is 11.3. The second-order valence-electron chi connectivity index (χ2n) is 13.9. The van der Waals surface area contributed by atoms with E-state index in [2.05, 4.69) is 46.0 Å². The van der Waals surface area contributed by atoms with E-state index in [9.17, 15) is 9.59 Å². The highest BCUT2D eigenvalue weighted by molar-refractivity contribution is 5.68. The molecule has 4 aliphatic carbocycles. The zero-order valence-electron chi connectivity index (χ0n) is 24.6. The first-order valence-electron chi connectivity index (χ1n) is 15.5. The molecule has 2 N–H and O–H groups in total. The zero-order chi connectivity index (χ0) is 27.5. The Kier molecular flexibility index (Phi) is 9.53. The van der Waals surface area contributed by atoms with Gasteiger partial charge in [-0.3, -0.25) is 0 Å². The lowest BCUT2D eigenvalue weighted by Crippen LogP contribution is -2.51. The van der Waals surface area contributed by atoms with E-state index < -0.39 is 12.1 Å². The van der Waals surface area contributed by atoms with Crippen LogP contribution in [0.25, 0.3) is 0 Å². The van der Waals surface area contributed by atoms with E-state index in [4.69, 9.17) is 14.6 Å². The molecule has 38 heavy (non-hydrogen) atoms. The number of alkyl carbamates (subject to hydrolysis) is 1. The molecular weight excluding hydrogens is 478 g/mol. The first-order valence-corrected chi connectivity index (χ1v) is 15.5. The number of carbonyl (C=O) groups excluding carboxylic acids is 1. The zero-order valence-corrected chi connectivity index (χ0v) is 24.6. The fourth-order valence-electron chi connectivity index (χ4n) is 9.33. The van der Waals surface area contributed by atoms with Crippen molar-refractivity contribution in [3.05, 3.63) is 11.6 Å². The molecule has 0 unspecified atom stereocenters. The molecule has 216 valence electrons. The molecule has 4 aliphatic rings. The van der Waals surface area contributed by atoms with E-state index in [0.717, 1.165) is 54.8 Å². The molecule has 0 heterocycles. The first-order chi connectivity index (χ1) is 18.0. The molecule has 0 aromatic heterocycles. The number of nitrogens with one attached hydrogen (secondary N) is 1. The Hall–Kier alpha value is -1.56. The molecule has 0 saturated heterocycles. The Morgan fingerprint density at radius 1 is 1.08 bits per heavy atom. The molecule has 0 aromatic rings. The van der Waals surface area contributed by atoms with E-state index in [0.29, 0.717) is 5.41 Å². The van der Waals surface area contributed by atoms with Gasteiger partial charge in [-0.25, -0.2) is 9.59 Å². The van der Waals surface area contributed by atoms with E-state index in [-0.39, 0.29) is 31.3 Å². The van der Waals surface area contributed by atoms with E-state index in [1.54, 1.807) is 0 Å². The number of rotatable bonds is 11. The summed E-state index contributed by atoms with van der Waals surface area (Å²) in [5.41, 5.74) is 2.27. The molecule has 1 amide bonds. The van der Waals surface area contributed by atoms with Crippen molar-refractivity contribution in [2.45, 2.75) is 111 Å². The second-order valence-corrected chi connectivity index (χ2v) is 13.9. The highest BCUT2D eigenvalue weighted by Gasteiger charge is 2.59. The van der Waals surface area contributed by atoms with Crippen molar-refractivity contribution in [2.75, 3.05) is 19.8 Å². The number of carboxylic acid groups (broad SMARTS) is 1. The summed E-state index contributed by atoms with van der Waals surface area (Å²) in [5.74, 6) is 3.95. The number of hydrogen-bond donors (Lipinski definition) is 2. The van der Waals surface area contributed by atoms with Crippen molar-refractivity contribution in [3.8, 4) is 0 Å². The van der Waals surface area contributed by atoms with Gasteiger partial charge in [0.25, 0.3) is 0 Å². The van der Waals surface area contributed by atoms with Crippen LogP contribution >= 0.6 is 0 Å². The van der Waals surface area contributed by atoms with Crippen LogP contribution in [-0.2, 0) is 14.3 Å². The topological polar surface area (TPSA) is 84.9 Å². The van der Waals surface area contributed by atoms with Crippen LogP contribution < -0.4 is 5.32 Å². The maximum atomic E-state index is 12.3.